The molecular weight excluding hydrogens is 308 g/mol. The van der Waals surface area contributed by atoms with Crippen LogP contribution in [0.2, 0.25) is 0 Å². The van der Waals surface area contributed by atoms with Gasteiger partial charge in [-0.25, -0.2) is 0 Å². The van der Waals surface area contributed by atoms with E-state index in [1.165, 1.54) is 5.57 Å². The molecule has 24 heavy (non-hydrogen) atoms. The zero-order valence-corrected chi connectivity index (χ0v) is 14.1. The predicted octanol–water partition coefficient (Wildman–Crippen LogP) is 1.51. The van der Waals surface area contributed by atoms with Crippen LogP contribution in [0, 0.1) is 29.1 Å². The van der Waals surface area contributed by atoms with Crippen LogP contribution in [-0.2, 0) is 9.53 Å². The number of allylic oxidation sites excluding steroid dienone is 1. The molecule has 3 N–H and O–H groups in total. The average molecular weight is 334 g/mol. The molecule has 0 amide bonds. The second-order valence-electron chi connectivity index (χ2n) is 9.16. The molecule has 5 rings (SSSR count). The first-order valence-electron chi connectivity index (χ1n) is 9.26. The van der Waals surface area contributed by atoms with Gasteiger partial charge in [0.25, 0.3) is 11.6 Å². The van der Waals surface area contributed by atoms with Crippen molar-refractivity contribution >= 4 is 5.78 Å². The molecule has 5 fully saturated rings. The minimum atomic E-state index is -2.47. The maximum absolute atomic E-state index is 12.2. The van der Waals surface area contributed by atoms with Crippen LogP contribution in [0.15, 0.2) is 12.2 Å². The van der Waals surface area contributed by atoms with Crippen molar-refractivity contribution in [2.24, 2.45) is 29.1 Å². The largest absolute Gasteiger partial charge is 0.360 e. The Hall–Kier alpha value is -0.750. The molecule has 5 heteroatoms. The van der Waals surface area contributed by atoms with E-state index in [0.29, 0.717) is 18.3 Å². The van der Waals surface area contributed by atoms with Gasteiger partial charge in [0.1, 0.15) is 5.60 Å². The number of rotatable bonds is 0. The van der Waals surface area contributed by atoms with Gasteiger partial charge in [0, 0.05) is 12.3 Å². The van der Waals surface area contributed by atoms with Gasteiger partial charge in [-0.05, 0) is 61.7 Å². The van der Waals surface area contributed by atoms with Crippen molar-refractivity contribution < 1.29 is 24.9 Å². The summed E-state index contributed by atoms with van der Waals surface area (Å²) in [5.74, 6) is -4.23. The monoisotopic (exact) mass is 334 g/mol. The molecule has 0 aromatic heterocycles. The van der Waals surface area contributed by atoms with Crippen molar-refractivity contribution in [3.63, 3.8) is 0 Å². The molecule has 7 atom stereocenters. The van der Waals surface area contributed by atoms with E-state index in [2.05, 4.69) is 13.5 Å². The number of ether oxygens (including phenoxy) is 1. The summed E-state index contributed by atoms with van der Waals surface area (Å²) >= 11 is 0. The van der Waals surface area contributed by atoms with Crippen LogP contribution in [0.1, 0.15) is 51.9 Å². The van der Waals surface area contributed by atoms with E-state index < -0.39 is 23.0 Å². The van der Waals surface area contributed by atoms with Gasteiger partial charge in [-0.15, -0.1) is 0 Å². The van der Waals surface area contributed by atoms with Crippen molar-refractivity contribution in [1.82, 2.24) is 0 Å². The molecule has 4 saturated carbocycles. The molecule has 4 aliphatic carbocycles. The van der Waals surface area contributed by atoms with Crippen molar-refractivity contribution in [3.05, 3.63) is 12.2 Å². The number of carbonyl (C=O) groups excluding carboxylic acids is 1. The molecular formula is C19H26O5. The van der Waals surface area contributed by atoms with Crippen LogP contribution in [-0.4, -0.2) is 38.3 Å². The molecule has 1 heterocycles. The van der Waals surface area contributed by atoms with Gasteiger partial charge in [0.05, 0.1) is 0 Å². The lowest BCUT2D eigenvalue weighted by Gasteiger charge is -2.55. The highest BCUT2D eigenvalue weighted by Gasteiger charge is 2.85. The summed E-state index contributed by atoms with van der Waals surface area (Å²) in [7, 11) is 0. The van der Waals surface area contributed by atoms with Crippen molar-refractivity contribution in [1.29, 1.82) is 0 Å². The lowest BCUT2D eigenvalue weighted by molar-refractivity contribution is -0.219. The van der Waals surface area contributed by atoms with Gasteiger partial charge >= 0.3 is 0 Å². The summed E-state index contributed by atoms with van der Waals surface area (Å²) in [6, 6.07) is 0. The fourth-order valence-electron chi connectivity index (χ4n) is 7.06. The minimum absolute atomic E-state index is 0.0142. The second-order valence-corrected chi connectivity index (χ2v) is 9.16. The maximum atomic E-state index is 12.2. The first-order chi connectivity index (χ1) is 11.2. The van der Waals surface area contributed by atoms with E-state index in [1.54, 1.807) is 0 Å². The van der Waals surface area contributed by atoms with Gasteiger partial charge in [0.15, 0.2) is 0 Å². The van der Waals surface area contributed by atoms with Crippen molar-refractivity contribution in [2.45, 2.75) is 69.0 Å². The number of fused-ring (bicyclic) bond motifs is 4. The van der Waals surface area contributed by atoms with Crippen LogP contribution in [0.3, 0.4) is 0 Å². The first-order valence-corrected chi connectivity index (χ1v) is 9.26. The number of aliphatic hydroxyl groups is 3. The smallest absolute Gasteiger partial charge is 0.263 e. The number of epoxide rings is 1. The highest BCUT2D eigenvalue weighted by Crippen LogP contribution is 2.71. The van der Waals surface area contributed by atoms with Crippen molar-refractivity contribution in [2.75, 3.05) is 0 Å². The number of Topliss-reactive ketones (excluding diaryl/α,β-unsaturated/α-hetero) is 1. The molecule has 0 aromatic rings. The molecule has 1 spiro atoms. The topological polar surface area (TPSA) is 90.3 Å². The highest BCUT2D eigenvalue weighted by atomic mass is 16.8. The molecule has 1 aliphatic heterocycles. The van der Waals surface area contributed by atoms with Gasteiger partial charge in [0.2, 0.25) is 5.79 Å². The standard InChI is InChI=1S/C19H26O5/c1-10-3-4-13-11-6-8-17-14(12(11)5-7-16(10,13)2)9-18(21,22)15(20)19(17,23)24-17/h11-14,21-23H,1,3-9H2,2H3. The van der Waals surface area contributed by atoms with Crippen LogP contribution < -0.4 is 0 Å². The molecule has 0 bridgehead atoms. The zero-order chi connectivity index (χ0) is 17.1. The Morgan fingerprint density at radius 1 is 1.08 bits per heavy atom. The summed E-state index contributed by atoms with van der Waals surface area (Å²) < 4.78 is 5.58. The summed E-state index contributed by atoms with van der Waals surface area (Å²) in [5, 5.41) is 30.9. The lowest BCUT2D eigenvalue weighted by atomic mass is 9.49. The molecule has 0 aromatic carbocycles. The number of ketones is 1. The Kier molecular flexibility index (Phi) is 2.68. The summed E-state index contributed by atoms with van der Waals surface area (Å²) in [5.41, 5.74) is 0.693. The van der Waals surface area contributed by atoms with Gasteiger partial charge in [-0.1, -0.05) is 19.1 Å². The van der Waals surface area contributed by atoms with Gasteiger partial charge < -0.3 is 20.1 Å². The Balaban J connectivity index is 1.52. The first kappa shape index (κ1) is 15.5. The van der Waals surface area contributed by atoms with E-state index in [-0.39, 0.29) is 23.7 Å². The highest BCUT2D eigenvalue weighted by molar-refractivity contribution is 5.96. The van der Waals surface area contributed by atoms with Crippen molar-refractivity contribution in [3.8, 4) is 0 Å². The SMILES string of the molecule is C=C1CCC2C3CCC45OC4(O)C(=O)C(O)(O)CC5C3CCC12C. The third-order valence-corrected chi connectivity index (χ3v) is 8.45. The van der Waals surface area contributed by atoms with E-state index in [1.807, 2.05) is 0 Å². The number of hydrogen-bond acceptors (Lipinski definition) is 5. The number of hydrogen-bond donors (Lipinski definition) is 3. The Labute approximate surface area is 141 Å². The Morgan fingerprint density at radius 2 is 1.75 bits per heavy atom. The molecule has 0 radical (unpaired) electrons. The Bertz CT molecular complexity index is 656. The van der Waals surface area contributed by atoms with Gasteiger partial charge in [-0.2, -0.15) is 0 Å². The minimum Gasteiger partial charge on any atom is -0.360 e. The van der Waals surface area contributed by atoms with Gasteiger partial charge in [-0.3, -0.25) is 4.79 Å². The fraction of sp³-hybridized carbons (Fsp3) is 0.842. The molecule has 1 saturated heterocycles. The Morgan fingerprint density at radius 3 is 2.50 bits per heavy atom. The normalized spacial score (nSPS) is 57.7. The second kappa shape index (κ2) is 4.14. The van der Waals surface area contributed by atoms with E-state index in [9.17, 15) is 20.1 Å². The summed E-state index contributed by atoms with van der Waals surface area (Å²) in [6.45, 7) is 6.64. The lowest BCUT2D eigenvalue weighted by Crippen LogP contribution is -2.62. The maximum Gasteiger partial charge on any atom is 0.263 e. The fourth-order valence-corrected chi connectivity index (χ4v) is 7.06. The summed E-state index contributed by atoms with van der Waals surface area (Å²) in [6.07, 6.45) is 5.84. The van der Waals surface area contributed by atoms with Crippen LogP contribution in [0.5, 0.6) is 0 Å². The van der Waals surface area contributed by atoms with E-state index in [4.69, 9.17) is 4.74 Å². The third kappa shape index (κ3) is 1.50. The van der Waals surface area contributed by atoms with Crippen LogP contribution in [0.4, 0.5) is 0 Å². The summed E-state index contributed by atoms with van der Waals surface area (Å²) in [4.78, 5) is 12.2. The average Bonchev–Trinajstić information content (AvgIpc) is 3.02. The molecule has 5 aliphatic rings. The van der Waals surface area contributed by atoms with E-state index >= 15 is 0 Å². The zero-order valence-electron chi connectivity index (χ0n) is 14.1. The molecule has 132 valence electrons. The van der Waals surface area contributed by atoms with E-state index in [0.717, 1.165) is 32.1 Å². The quantitative estimate of drug-likeness (QED) is 0.355. The molecule has 5 nitrogen and oxygen atoms in total. The number of carbonyl (C=O) groups is 1. The third-order valence-electron chi connectivity index (χ3n) is 8.45. The predicted molar refractivity (Wildman–Crippen MR) is 84.5 cm³/mol. The molecule has 7 unspecified atom stereocenters. The van der Waals surface area contributed by atoms with Crippen LogP contribution in [0.25, 0.3) is 0 Å². The van der Waals surface area contributed by atoms with Crippen LogP contribution >= 0.6 is 0 Å².